The zero-order valence-electron chi connectivity index (χ0n) is 16.4. The van der Waals surface area contributed by atoms with Gasteiger partial charge in [0.1, 0.15) is 12.0 Å². The molecule has 4 heteroatoms. The van der Waals surface area contributed by atoms with Gasteiger partial charge in [-0.3, -0.25) is 9.59 Å². The summed E-state index contributed by atoms with van der Waals surface area (Å²) in [6, 6.07) is 0. The second-order valence-corrected chi connectivity index (χ2v) is 10.1. The van der Waals surface area contributed by atoms with Crippen molar-refractivity contribution in [2.24, 2.45) is 35.0 Å². The van der Waals surface area contributed by atoms with Gasteiger partial charge < -0.3 is 0 Å². The quantitative estimate of drug-likeness (QED) is 0.444. The number of halogens is 2. The molecule has 3 saturated carbocycles. The zero-order chi connectivity index (χ0) is 19.2. The number of rotatable bonds is 5. The molecule has 0 saturated heterocycles. The molecule has 6 unspecified atom stereocenters. The fourth-order valence-corrected chi connectivity index (χ4v) is 7.31. The summed E-state index contributed by atoms with van der Waals surface area (Å²) in [5.41, 5.74) is 0.756. The first kappa shape index (κ1) is 19.6. The molecule has 4 rings (SSSR count). The molecule has 0 aromatic heterocycles. The molecule has 0 N–H and O–H groups in total. The molecular formula is C23H32ClFO2. The van der Waals surface area contributed by atoms with Gasteiger partial charge in [-0.15, -0.1) is 11.6 Å². The Morgan fingerprint density at radius 1 is 1.15 bits per heavy atom. The number of Topliss-reactive ketones (excluding diaryl/α,β-unsaturated/α-hetero) is 1. The van der Waals surface area contributed by atoms with E-state index in [9.17, 15) is 9.59 Å². The molecule has 2 nitrogen and oxygen atoms in total. The maximum Gasteiger partial charge on any atom is 0.155 e. The van der Waals surface area contributed by atoms with Crippen LogP contribution >= 0.6 is 11.6 Å². The first-order valence-corrected chi connectivity index (χ1v) is 11.5. The zero-order valence-corrected chi connectivity index (χ0v) is 17.1. The van der Waals surface area contributed by atoms with Crippen LogP contribution in [0.4, 0.5) is 4.39 Å². The Balaban J connectivity index is 1.65. The van der Waals surface area contributed by atoms with Crippen molar-refractivity contribution < 1.29 is 14.0 Å². The van der Waals surface area contributed by atoms with Crippen molar-refractivity contribution in [1.82, 2.24) is 0 Å². The first-order valence-electron chi connectivity index (χ1n) is 10.9. The summed E-state index contributed by atoms with van der Waals surface area (Å²) in [7, 11) is 0. The van der Waals surface area contributed by atoms with E-state index < -0.39 is 11.6 Å². The third kappa shape index (κ3) is 3.32. The Labute approximate surface area is 167 Å². The number of unbranched alkanes of at least 4 members (excludes halogenated alkanes) is 2. The lowest BCUT2D eigenvalue weighted by Gasteiger charge is -2.56. The monoisotopic (exact) mass is 394 g/mol. The molecule has 0 aliphatic heterocycles. The van der Waals surface area contributed by atoms with Gasteiger partial charge in [-0.25, -0.2) is 4.39 Å². The topological polar surface area (TPSA) is 34.1 Å². The van der Waals surface area contributed by atoms with E-state index in [0.717, 1.165) is 44.9 Å². The maximum atomic E-state index is 15.6. The summed E-state index contributed by atoms with van der Waals surface area (Å²) >= 11 is 5.83. The number of carbonyl (C=O) groups is 2. The fraction of sp³-hybridized carbons (Fsp3) is 0.826. The van der Waals surface area contributed by atoms with Gasteiger partial charge >= 0.3 is 0 Å². The van der Waals surface area contributed by atoms with Crippen LogP contribution in [-0.2, 0) is 9.59 Å². The lowest BCUT2D eigenvalue weighted by Crippen LogP contribution is -2.54. The summed E-state index contributed by atoms with van der Waals surface area (Å²) < 4.78 is 15.6. The lowest BCUT2D eigenvalue weighted by molar-refractivity contribution is -0.138. The Kier molecular flexibility index (Phi) is 5.53. The van der Waals surface area contributed by atoms with Crippen molar-refractivity contribution in [3.8, 4) is 0 Å². The number of hydrogen-bond donors (Lipinski definition) is 0. The van der Waals surface area contributed by atoms with Crippen LogP contribution in [0.1, 0.15) is 71.1 Å². The van der Waals surface area contributed by atoms with Gasteiger partial charge in [-0.1, -0.05) is 25.3 Å². The summed E-state index contributed by atoms with van der Waals surface area (Å²) in [6.45, 7) is 2.04. The fourth-order valence-electron chi connectivity index (χ4n) is 7.12. The summed E-state index contributed by atoms with van der Waals surface area (Å²) in [5.74, 6) is 2.48. The average Bonchev–Trinajstić information content (AvgIpc) is 2.92. The van der Waals surface area contributed by atoms with E-state index in [1.165, 1.54) is 5.57 Å². The number of alkyl halides is 2. The standard InChI is InChI=1S/C23H32ClFO2/c1-23-13-19(25)22-17-7-6-16(26)12-15(17)11-14(5-3-2-4-10-24)21(22)18(23)8-9-20(23)27/h12,14,17-19,21-22H,2-11,13H2,1H3/t14?,17?,18?,19?,21?,22?,23-/m0/s1. The highest BCUT2D eigenvalue weighted by atomic mass is 35.5. The molecule has 0 spiro atoms. The minimum absolute atomic E-state index is 0.0140. The Bertz CT molecular complexity index is 644. The van der Waals surface area contributed by atoms with E-state index in [2.05, 4.69) is 0 Å². The second-order valence-electron chi connectivity index (χ2n) is 9.69. The Morgan fingerprint density at radius 3 is 2.74 bits per heavy atom. The van der Waals surface area contributed by atoms with Crippen LogP contribution in [0, 0.1) is 35.0 Å². The molecule has 0 aromatic rings. The molecular weight excluding hydrogens is 363 g/mol. The minimum Gasteiger partial charge on any atom is -0.299 e. The van der Waals surface area contributed by atoms with Crippen LogP contribution in [0.5, 0.6) is 0 Å². The maximum absolute atomic E-state index is 15.6. The van der Waals surface area contributed by atoms with Crippen LogP contribution in [0.2, 0.25) is 0 Å². The molecule has 0 aromatic carbocycles. The summed E-state index contributed by atoms with van der Waals surface area (Å²) in [4.78, 5) is 24.7. The first-order chi connectivity index (χ1) is 13.0. The third-order valence-corrected chi connectivity index (χ3v) is 8.59. The van der Waals surface area contributed by atoms with Crippen LogP contribution in [0.3, 0.4) is 0 Å². The molecule has 0 bridgehead atoms. The van der Waals surface area contributed by atoms with Gasteiger partial charge in [-0.05, 0) is 68.3 Å². The van der Waals surface area contributed by atoms with E-state index in [-0.39, 0.29) is 23.4 Å². The summed E-state index contributed by atoms with van der Waals surface area (Å²) in [6.07, 6.45) is 9.52. The largest absolute Gasteiger partial charge is 0.299 e. The van der Waals surface area contributed by atoms with E-state index in [1.807, 2.05) is 13.0 Å². The lowest BCUT2D eigenvalue weighted by atomic mass is 9.48. The smallest absolute Gasteiger partial charge is 0.155 e. The van der Waals surface area contributed by atoms with Crippen LogP contribution in [0.15, 0.2) is 11.6 Å². The minimum atomic E-state index is -0.912. The van der Waals surface area contributed by atoms with Gasteiger partial charge in [0.2, 0.25) is 0 Å². The predicted octanol–water partition coefficient (Wildman–Crippen LogP) is 5.67. The van der Waals surface area contributed by atoms with Crippen LogP contribution in [-0.4, -0.2) is 23.6 Å². The normalized spacial score (nSPS) is 43.7. The van der Waals surface area contributed by atoms with Crippen molar-refractivity contribution in [2.75, 3.05) is 5.88 Å². The third-order valence-electron chi connectivity index (χ3n) is 8.32. The van der Waals surface area contributed by atoms with Crippen molar-refractivity contribution >= 4 is 23.2 Å². The van der Waals surface area contributed by atoms with E-state index in [1.54, 1.807) is 0 Å². The number of allylic oxidation sites excluding steroid dienone is 1. The van der Waals surface area contributed by atoms with Crippen LogP contribution in [0.25, 0.3) is 0 Å². The molecule has 27 heavy (non-hydrogen) atoms. The number of fused-ring (bicyclic) bond motifs is 5. The van der Waals surface area contributed by atoms with E-state index in [0.29, 0.717) is 42.9 Å². The molecule has 0 radical (unpaired) electrons. The molecule has 4 aliphatic carbocycles. The highest BCUT2D eigenvalue weighted by molar-refractivity contribution is 6.17. The van der Waals surface area contributed by atoms with Crippen LogP contribution < -0.4 is 0 Å². The molecule has 3 fully saturated rings. The predicted molar refractivity (Wildman–Crippen MR) is 105 cm³/mol. The number of hydrogen-bond acceptors (Lipinski definition) is 2. The van der Waals surface area contributed by atoms with Gasteiger partial charge in [0.05, 0.1) is 0 Å². The van der Waals surface area contributed by atoms with E-state index in [4.69, 9.17) is 11.6 Å². The van der Waals surface area contributed by atoms with E-state index >= 15 is 4.39 Å². The molecule has 150 valence electrons. The second kappa shape index (κ2) is 7.61. The highest BCUT2D eigenvalue weighted by Gasteiger charge is 2.61. The number of carbonyl (C=O) groups excluding carboxylic acids is 2. The number of ketones is 2. The molecule has 0 heterocycles. The Hall–Kier alpha value is -0.700. The van der Waals surface area contributed by atoms with Crippen molar-refractivity contribution in [2.45, 2.75) is 77.3 Å². The molecule has 4 aliphatic rings. The van der Waals surface area contributed by atoms with Gasteiger partial charge in [0, 0.05) is 30.1 Å². The van der Waals surface area contributed by atoms with Crippen molar-refractivity contribution in [1.29, 1.82) is 0 Å². The van der Waals surface area contributed by atoms with Gasteiger partial charge in [-0.2, -0.15) is 0 Å². The van der Waals surface area contributed by atoms with Crippen molar-refractivity contribution in [3.05, 3.63) is 11.6 Å². The average molecular weight is 395 g/mol. The SMILES string of the molecule is C[C@]12CC(F)C3C4CCC(=O)C=C4CC(CCCCCCl)C3C1CCC2=O. The Morgan fingerprint density at radius 2 is 1.96 bits per heavy atom. The van der Waals surface area contributed by atoms with Gasteiger partial charge in [0.15, 0.2) is 5.78 Å². The summed E-state index contributed by atoms with van der Waals surface area (Å²) in [5, 5.41) is 0. The molecule has 0 amide bonds. The highest BCUT2D eigenvalue weighted by Crippen LogP contribution is 2.63. The molecule has 7 atom stereocenters. The van der Waals surface area contributed by atoms with Crippen molar-refractivity contribution in [3.63, 3.8) is 0 Å². The van der Waals surface area contributed by atoms with Gasteiger partial charge in [0.25, 0.3) is 0 Å².